The molecule has 5 rings (SSSR count). The number of allylic oxidation sites excluding steroid dienone is 4. The summed E-state index contributed by atoms with van der Waals surface area (Å²) in [4.78, 5) is -4.38. The number of hydrogen-bond acceptors (Lipinski definition) is 15. The standard InChI is InChI=1S/C27H25N3O16S5/c1-13-2-4-14(5-3-13)51(44,45)46-23-11-16(48(35,36)37)8-18-17(23)6-7-20(27(18)50(41,42)43)29-30-21-12-24(49(38,39)40)19-9-15(47(32,33)34)10-22(31)25(19)26(21)28/h2,4,6-12,29-31H,3,5,28H2,1H3,(H,32,33,34)(H,35,36,37)(H,38,39,40)(H,41,42,43). The fourth-order valence-corrected chi connectivity index (χ4v) is 8.81. The average Bonchev–Trinajstić information content (AvgIpc) is 2.98. The second kappa shape index (κ2) is 12.6. The van der Waals surface area contributed by atoms with E-state index in [1.807, 2.05) is 0 Å². The van der Waals surface area contributed by atoms with Gasteiger partial charge < -0.3 is 15.0 Å². The van der Waals surface area contributed by atoms with Gasteiger partial charge in [0, 0.05) is 28.3 Å². The van der Waals surface area contributed by atoms with Crippen molar-refractivity contribution < 1.29 is 69.6 Å². The van der Waals surface area contributed by atoms with E-state index in [-0.39, 0.29) is 16.7 Å². The van der Waals surface area contributed by atoms with Gasteiger partial charge in [-0.25, -0.2) is 0 Å². The Morgan fingerprint density at radius 1 is 0.667 bits per heavy atom. The summed E-state index contributed by atoms with van der Waals surface area (Å²) in [7, 11) is -25.5. The maximum absolute atomic E-state index is 13.1. The van der Waals surface area contributed by atoms with Crippen molar-refractivity contribution in [1.29, 1.82) is 0 Å². The number of hydrazine groups is 1. The van der Waals surface area contributed by atoms with Crippen molar-refractivity contribution in [3.8, 4) is 11.5 Å². The third-order valence-electron chi connectivity index (χ3n) is 7.52. The molecule has 24 heteroatoms. The fourth-order valence-electron chi connectivity index (χ4n) is 5.15. The molecule has 0 amide bonds. The van der Waals surface area contributed by atoms with Crippen LogP contribution in [0.15, 0.2) is 84.7 Å². The zero-order chi connectivity index (χ0) is 38.1. The van der Waals surface area contributed by atoms with Gasteiger partial charge in [-0.2, -0.15) is 42.1 Å². The molecule has 0 spiro atoms. The lowest BCUT2D eigenvalue weighted by atomic mass is 10.1. The Morgan fingerprint density at radius 2 is 1.25 bits per heavy atom. The minimum absolute atomic E-state index is 0.0211. The Morgan fingerprint density at radius 3 is 1.80 bits per heavy atom. The largest absolute Gasteiger partial charge is 0.507 e. The molecule has 4 aromatic rings. The first-order valence-electron chi connectivity index (χ1n) is 13.7. The van der Waals surface area contributed by atoms with Crippen molar-refractivity contribution in [1.82, 2.24) is 0 Å². The third-order valence-corrected chi connectivity index (χ3v) is 12.4. The fraction of sp³-hybridized carbons (Fsp3) is 0.111. The van der Waals surface area contributed by atoms with Crippen molar-refractivity contribution in [2.45, 2.75) is 39.3 Å². The number of phenolic OH excluding ortho intramolecular Hbond substituents is 1. The molecule has 9 N–H and O–H groups in total. The Balaban J connectivity index is 1.70. The molecular formula is C27H25N3O16S5. The molecule has 51 heavy (non-hydrogen) atoms. The average molecular weight is 808 g/mol. The third kappa shape index (κ3) is 7.58. The number of nitrogen functional groups attached to an aromatic ring is 1. The molecule has 4 aromatic carbocycles. The Hall–Kier alpha value is -4.53. The van der Waals surface area contributed by atoms with E-state index in [9.17, 15) is 65.4 Å². The summed E-state index contributed by atoms with van der Waals surface area (Å²) in [5.74, 6) is -1.74. The SMILES string of the molecule is CC1=CC=C(S(=O)(=O)Oc2cc(S(=O)(=O)O)cc3c(S(=O)(=O)O)c(NNc4cc(S(=O)(=O)O)c5cc(S(=O)(=O)O)cc(O)c5c4N)ccc23)CC1. The number of rotatable bonds is 10. The predicted octanol–water partition coefficient (Wildman–Crippen LogP) is 3.04. The number of benzene rings is 4. The first-order chi connectivity index (χ1) is 23.3. The molecule has 0 heterocycles. The lowest BCUT2D eigenvalue weighted by Gasteiger charge is -2.19. The van der Waals surface area contributed by atoms with Crippen LogP contribution in [0.2, 0.25) is 0 Å². The van der Waals surface area contributed by atoms with Crippen LogP contribution in [0.3, 0.4) is 0 Å². The molecule has 0 unspecified atom stereocenters. The summed E-state index contributed by atoms with van der Waals surface area (Å²) in [6.45, 7) is 1.76. The molecule has 0 saturated carbocycles. The summed E-state index contributed by atoms with van der Waals surface area (Å²) in [5, 5.41) is 8.24. The maximum atomic E-state index is 13.1. The Labute approximate surface area is 290 Å². The van der Waals surface area contributed by atoms with Gasteiger partial charge in [0.05, 0.1) is 37.1 Å². The van der Waals surface area contributed by atoms with Gasteiger partial charge in [-0.15, -0.1) is 0 Å². The number of nitrogens with one attached hydrogen (secondary N) is 2. The van der Waals surface area contributed by atoms with E-state index in [2.05, 4.69) is 10.9 Å². The van der Waals surface area contributed by atoms with Gasteiger partial charge in [-0.1, -0.05) is 11.6 Å². The molecule has 1 aliphatic rings. The van der Waals surface area contributed by atoms with E-state index in [0.717, 1.165) is 17.7 Å². The van der Waals surface area contributed by atoms with Gasteiger partial charge in [0.2, 0.25) is 0 Å². The summed E-state index contributed by atoms with van der Waals surface area (Å²) >= 11 is 0. The van der Waals surface area contributed by atoms with E-state index >= 15 is 0 Å². The van der Waals surface area contributed by atoms with Gasteiger partial charge in [0.25, 0.3) is 40.5 Å². The highest BCUT2D eigenvalue weighted by Gasteiger charge is 2.29. The second-order valence-corrected chi connectivity index (χ2v) is 18.2. The highest BCUT2D eigenvalue weighted by atomic mass is 32.2. The van der Waals surface area contributed by atoms with E-state index < -0.39 is 115 Å². The minimum atomic E-state index is -5.41. The quantitative estimate of drug-likeness (QED) is 0.0494. The van der Waals surface area contributed by atoms with Crippen molar-refractivity contribution in [2.24, 2.45) is 0 Å². The molecule has 1 aliphatic carbocycles. The first-order valence-corrected chi connectivity index (χ1v) is 20.9. The number of anilines is 3. The van der Waals surface area contributed by atoms with Gasteiger partial charge in [-0.3, -0.25) is 29.1 Å². The van der Waals surface area contributed by atoms with E-state index in [4.69, 9.17) is 9.92 Å². The predicted molar refractivity (Wildman–Crippen MR) is 181 cm³/mol. The van der Waals surface area contributed by atoms with Crippen LogP contribution in [0.1, 0.15) is 19.8 Å². The molecule has 274 valence electrons. The monoisotopic (exact) mass is 807 g/mol. The summed E-state index contributed by atoms with van der Waals surface area (Å²) in [6.07, 6.45) is 3.16. The van der Waals surface area contributed by atoms with Crippen LogP contribution in [0.4, 0.5) is 17.1 Å². The Bertz CT molecular complexity index is 2810. The van der Waals surface area contributed by atoms with Crippen molar-refractivity contribution >= 4 is 89.2 Å². The molecule has 0 bridgehead atoms. The number of phenols is 1. The lowest BCUT2D eigenvalue weighted by Crippen LogP contribution is -2.16. The summed E-state index contributed by atoms with van der Waals surface area (Å²) in [5.41, 5.74) is 9.90. The van der Waals surface area contributed by atoms with E-state index in [1.54, 1.807) is 6.92 Å². The van der Waals surface area contributed by atoms with Crippen LogP contribution in [0.5, 0.6) is 11.5 Å². The smallest absolute Gasteiger partial charge is 0.335 e. The number of hydrogen-bond donors (Lipinski definition) is 8. The van der Waals surface area contributed by atoms with Gasteiger partial charge >= 0.3 is 10.1 Å². The van der Waals surface area contributed by atoms with Crippen LogP contribution in [0, 0.1) is 0 Å². The normalized spacial score (nSPS) is 14.6. The molecule has 19 nitrogen and oxygen atoms in total. The van der Waals surface area contributed by atoms with Crippen LogP contribution >= 0.6 is 0 Å². The molecule has 0 radical (unpaired) electrons. The highest BCUT2D eigenvalue weighted by molar-refractivity contribution is 7.91. The number of fused-ring (bicyclic) bond motifs is 2. The van der Waals surface area contributed by atoms with E-state index in [1.165, 1.54) is 12.2 Å². The zero-order valence-corrected chi connectivity index (χ0v) is 29.5. The number of nitrogens with two attached hydrogens (primary N) is 1. The Kier molecular flexibility index (Phi) is 9.32. The molecule has 0 aliphatic heterocycles. The highest BCUT2D eigenvalue weighted by Crippen LogP contribution is 2.42. The minimum Gasteiger partial charge on any atom is -0.507 e. The topological polar surface area (TPSA) is 331 Å². The molecule has 0 saturated heterocycles. The molecular weight excluding hydrogens is 783 g/mol. The van der Waals surface area contributed by atoms with Crippen LogP contribution in [-0.4, -0.2) is 65.4 Å². The molecule has 0 atom stereocenters. The lowest BCUT2D eigenvalue weighted by molar-refractivity contribution is 0.470. The van der Waals surface area contributed by atoms with Crippen molar-refractivity contribution in [3.63, 3.8) is 0 Å². The molecule has 0 fully saturated rings. The second-order valence-electron chi connectivity index (χ2n) is 11.0. The van der Waals surface area contributed by atoms with Crippen LogP contribution in [-0.2, 0) is 50.6 Å². The van der Waals surface area contributed by atoms with Crippen molar-refractivity contribution in [2.75, 3.05) is 16.6 Å². The maximum Gasteiger partial charge on any atom is 0.335 e. The van der Waals surface area contributed by atoms with E-state index in [0.29, 0.717) is 36.8 Å². The van der Waals surface area contributed by atoms with Gasteiger partial charge in [0.15, 0.2) is 5.75 Å². The number of aromatic hydroxyl groups is 1. The summed E-state index contributed by atoms with van der Waals surface area (Å²) < 4.78 is 169. The van der Waals surface area contributed by atoms with Crippen molar-refractivity contribution in [3.05, 3.63) is 65.1 Å². The summed E-state index contributed by atoms with van der Waals surface area (Å²) in [6, 6.07) is 4.94. The van der Waals surface area contributed by atoms with Crippen LogP contribution < -0.4 is 20.8 Å². The van der Waals surface area contributed by atoms with Gasteiger partial charge in [-0.05, 0) is 56.2 Å². The van der Waals surface area contributed by atoms with Crippen LogP contribution in [0.25, 0.3) is 21.5 Å². The molecule has 0 aromatic heterocycles. The van der Waals surface area contributed by atoms with Gasteiger partial charge in [0.1, 0.15) is 15.5 Å². The first kappa shape index (κ1) is 37.7. The zero-order valence-electron chi connectivity index (χ0n) is 25.5.